The first kappa shape index (κ1) is 59.3. The number of ketones is 1. The molecule has 0 saturated heterocycles. The Kier molecular flexibility index (Phi) is 23.4. The molecule has 0 aliphatic rings. The van der Waals surface area contributed by atoms with Gasteiger partial charge in [0.05, 0.1) is 12.8 Å². The molecule has 0 spiro atoms. The van der Waals surface area contributed by atoms with Crippen LogP contribution in [0.15, 0.2) is 84.9 Å². The Labute approximate surface area is 423 Å². The number of amides is 7. The molecular formula is C52H67N7O14. The van der Waals surface area contributed by atoms with Gasteiger partial charge in [-0.1, -0.05) is 120 Å². The van der Waals surface area contributed by atoms with Crippen molar-refractivity contribution in [2.45, 2.75) is 136 Å². The van der Waals surface area contributed by atoms with Crippen LogP contribution in [0, 0.1) is 18.3 Å². The zero-order valence-corrected chi connectivity index (χ0v) is 41.8. The molecule has 7 amide bonds. The maximum Gasteiger partial charge on any atom is 0.305 e. The molecule has 21 nitrogen and oxygen atoms in total. The summed E-state index contributed by atoms with van der Waals surface area (Å²) in [6.07, 6.45) is -3.70. The van der Waals surface area contributed by atoms with E-state index in [4.69, 9.17) is 5.11 Å². The summed E-state index contributed by atoms with van der Waals surface area (Å²) in [5.74, 6) is -12.1. The summed E-state index contributed by atoms with van der Waals surface area (Å²) in [4.78, 5) is 145. The first-order valence-corrected chi connectivity index (χ1v) is 23.8. The number of carbonyl (C=O) groups is 11. The fourth-order valence-electron chi connectivity index (χ4n) is 7.45. The van der Waals surface area contributed by atoms with Gasteiger partial charge in [0.25, 0.3) is 5.91 Å². The second kappa shape index (κ2) is 28.8. The Bertz CT molecular complexity index is 2440. The maximum absolute atomic E-state index is 14.5. The molecule has 0 aliphatic carbocycles. The van der Waals surface area contributed by atoms with E-state index in [1.807, 2.05) is 0 Å². The Balaban J connectivity index is 1.94. The summed E-state index contributed by atoms with van der Waals surface area (Å²) >= 11 is 0. The van der Waals surface area contributed by atoms with Crippen molar-refractivity contribution in [2.24, 2.45) is 11.3 Å². The van der Waals surface area contributed by atoms with Crippen molar-refractivity contribution in [1.82, 2.24) is 37.2 Å². The second-order valence-electron chi connectivity index (χ2n) is 19.1. The van der Waals surface area contributed by atoms with Crippen LogP contribution in [0.4, 0.5) is 0 Å². The lowest BCUT2D eigenvalue weighted by atomic mass is 9.85. The van der Waals surface area contributed by atoms with Crippen LogP contribution in [0.2, 0.25) is 0 Å². The standard InChI is InChI=1S/C52H67N7O14/c1-30(2)25-37(47(69)56-36(26-32-16-9-7-10-17-32)44(67)50(72)53-29-33-18-11-8-12-19-33)58-51(73)45(52(4,5)6)59-49(71)38(27-34-20-14-13-15-31(34)3)57-46(68)35(21-23-41(61)62)55-48(70)39(28-43(65)66)54-40(60)22-24-42(63)64/h7-20,30,35-39,45H,21-29H2,1-6H3,(H,53,72)(H,54,60)(H,55,70)(H,56,69)(H,57,68)(H,58,73)(H,59,71)(H,61,62)(H,63,64)(H,65,66)/t35-,36-,37-,38-,39-,45+/m0/s1. The van der Waals surface area contributed by atoms with Gasteiger partial charge in [0.1, 0.15) is 36.3 Å². The molecule has 0 aromatic heterocycles. The minimum absolute atomic E-state index is 0.0510. The minimum atomic E-state index is -1.82. The molecule has 73 heavy (non-hydrogen) atoms. The molecule has 0 aliphatic heterocycles. The molecule has 0 radical (unpaired) electrons. The number of carbonyl (C=O) groups excluding carboxylic acids is 8. The fourth-order valence-corrected chi connectivity index (χ4v) is 7.45. The third-order valence-corrected chi connectivity index (χ3v) is 11.4. The third kappa shape index (κ3) is 21.1. The van der Waals surface area contributed by atoms with Crippen molar-refractivity contribution in [3.63, 3.8) is 0 Å². The molecule has 3 aromatic rings. The van der Waals surface area contributed by atoms with Crippen molar-refractivity contribution >= 4 is 65.0 Å². The Morgan fingerprint density at radius 3 is 1.58 bits per heavy atom. The van der Waals surface area contributed by atoms with Crippen LogP contribution in [-0.2, 0) is 72.1 Å². The lowest BCUT2D eigenvalue weighted by Crippen LogP contribution is -2.62. The van der Waals surface area contributed by atoms with Crippen molar-refractivity contribution in [1.29, 1.82) is 0 Å². The summed E-state index contributed by atoms with van der Waals surface area (Å²) in [5.41, 5.74) is 1.57. The number of rotatable bonds is 29. The molecule has 0 heterocycles. The topological polar surface area (TPSA) is 333 Å². The van der Waals surface area contributed by atoms with Gasteiger partial charge in [-0.3, -0.25) is 52.7 Å². The van der Waals surface area contributed by atoms with Gasteiger partial charge in [-0.05, 0) is 53.4 Å². The van der Waals surface area contributed by atoms with Gasteiger partial charge < -0.3 is 52.5 Å². The predicted octanol–water partition coefficient (Wildman–Crippen LogP) is 1.87. The number of nitrogens with one attached hydrogen (secondary N) is 7. The van der Waals surface area contributed by atoms with Crippen molar-refractivity contribution in [3.8, 4) is 0 Å². The molecule has 3 aromatic carbocycles. The minimum Gasteiger partial charge on any atom is -0.481 e. The van der Waals surface area contributed by atoms with Crippen molar-refractivity contribution in [2.75, 3.05) is 0 Å². The number of carboxylic acids is 3. The first-order chi connectivity index (χ1) is 34.3. The zero-order chi connectivity index (χ0) is 54.4. The quantitative estimate of drug-likeness (QED) is 0.0444. The lowest BCUT2D eigenvalue weighted by Gasteiger charge is -2.34. The average molecular weight is 1010 g/mol. The van der Waals surface area contributed by atoms with E-state index in [1.54, 1.807) is 126 Å². The van der Waals surface area contributed by atoms with Gasteiger partial charge in [0, 0.05) is 32.2 Å². The normalized spacial score (nSPS) is 13.6. The fraction of sp³-hybridized carbons (Fsp3) is 0.442. The van der Waals surface area contributed by atoms with E-state index in [1.165, 1.54) is 0 Å². The Hall–Kier alpha value is -7.97. The number of Topliss-reactive ketones (excluding diaryl/α,β-unsaturated/α-hetero) is 1. The molecule has 0 fully saturated rings. The highest BCUT2D eigenvalue weighted by Crippen LogP contribution is 2.21. The number of hydrogen-bond acceptors (Lipinski definition) is 11. The summed E-state index contributed by atoms with van der Waals surface area (Å²) in [6.45, 7) is 10.3. The molecule has 6 atom stereocenters. The highest BCUT2D eigenvalue weighted by atomic mass is 16.4. The number of carboxylic acid groups (broad SMARTS) is 3. The Morgan fingerprint density at radius 2 is 1.01 bits per heavy atom. The summed E-state index contributed by atoms with van der Waals surface area (Å²) in [6, 6.07) is 15.3. The summed E-state index contributed by atoms with van der Waals surface area (Å²) in [7, 11) is 0. The largest absolute Gasteiger partial charge is 0.481 e. The van der Waals surface area contributed by atoms with E-state index < -0.39 is 139 Å². The number of hydrogen-bond donors (Lipinski definition) is 10. The van der Waals surface area contributed by atoms with Crippen LogP contribution in [-0.4, -0.2) is 117 Å². The first-order valence-electron chi connectivity index (χ1n) is 23.8. The third-order valence-electron chi connectivity index (χ3n) is 11.4. The average Bonchev–Trinajstić information content (AvgIpc) is 3.32. The molecule has 0 saturated carbocycles. The van der Waals surface area contributed by atoms with Gasteiger partial charge >= 0.3 is 17.9 Å². The monoisotopic (exact) mass is 1010 g/mol. The van der Waals surface area contributed by atoms with Gasteiger partial charge in [-0.15, -0.1) is 0 Å². The molecule has 21 heteroatoms. The summed E-state index contributed by atoms with van der Waals surface area (Å²) < 4.78 is 0. The summed E-state index contributed by atoms with van der Waals surface area (Å²) in [5, 5.41) is 45.6. The SMILES string of the molecule is Cc1ccccc1C[C@H](NC(=O)[C@H](CCC(=O)O)NC(=O)[C@H](CC(=O)O)NC(=O)CCC(=O)O)C(=O)N[C@H](C(=O)N[C@@H](CC(C)C)C(=O)N[C@@H](Cc1ccccc1)C(=O)C(=O)NCc1ccccc1)C(C)(C)C. The molecule has 10 N–H and O–H groups in total. The highest BCUT2D eigenvalue weighted by molar-refractivity contribution is 6.38. The smallest absolute Gasteiger partial charge is 0.305 e. The van der Waals surface area contributed by atoms with Gasteiger partial charge in [0.15, 0.2) is 0 Å². The lowest BCUT2D eigenvalue weighted by molar-refractivity contribution is -0.142. The van der Waals surface area contributed by atoms with Gasteiger partial charge in [-0.2, -0.15) is 0 Å². The molecule has 0 bridgehead atoms. The van der Waals surface area contributed by atoms with Crippen LogP contribution in [0.1, 0.15) is 95.4 Å². The van der Waals surface area contributed by atoms with E-state index in [2.05, 4.69) is 37.2 Å². The van der Waals surface area contributed by atoms with E-state index in [-0.39, 0.29) is 31.7 Å². The van der Waals surface area contributed by atoms with E-state index in [0.29, 0.717) is 16.7 Å². The van der Waals surface area contributed by atoms with Crippen LogP contribution >= 0.6 is 0 Å². The second-order valence-corrected chi connectivity index (χ2v) is 19.1. The van der Waals surface area contributed by atoms with E-state index >= 15 is 0 Å². The number of benzene rings is 3. The number of aliphatic carboxylic acids is 3. The molecule has 0 unspecified atom stereocenters. The van der Waals surface area contributed by atoms with Crippen molar-refractivity contribution < 1.29 is 68.1 Å². The van der Waals surface area contributed by atoms with Crippen LogP contribution in [0.25, 0.3) is 0 Å². The molecule has 394 valence electrons. The maximum atomic E-state index is 14.5. The zero-order valence-electron chi connectivity index (χ0n) is 41.8. The van der Waals surface area contributed by atoms with Crippen LogP contribution in [0.5, 0.6) is 0 Å². The van der Waals surface area contributed by atoms with Crippen molar-refractivity contribution in [3.05, 3.63) is 107 Å². The molecule has 3 rings (SSSR count). The van der Waals surface area contributed by atoms with Gasteiger partial charge in [0.2, 0.25) is 41.2 Å². The van der Waals surface area contributed by atoms with E-state index in [0.717, 1.165) is 5.56 Å². The Morgan fingerprint density at radius 1 is 0.507 bits per heavy atom. The highest BCUT2D eigenvalue weighted by Gasteiger charge is 2.39. The molecular weight excluding hydrogens is 947 g/mol. The van der Waals surface area contributed by atoms with Crippen LogP contribution < -0.4 is 37.2 Å². The predicted molar refractivity (Wildman–Crippen MR) is 265 cm³/mol. The van der Waals surface area contributed by atoms with Crippen LogP contribution in [0.3, 0.4) is 0 Å². The number of aryl methyl sites for hydroxylation is 1. The van der Waals surface area contributed by atoms with Gasteiger partial charge in [-0.25, -0.2) is 0 Å². The van der Waals surface area contributed by atoms with E-state index in [9.17, 15) is 63.0 Å².